The highest BCUT2D eigenvalue weighted by Crippen LogP contribution is 2.30. The Morgan fingerprint density at radius 3 is 2.86 bits per heavy atom. The van der Waals surface area contributed by atoms with E-state index in [0.717, 1.165) is 29.4 Å². The third kappa shape index (κ3) is 3.51. The van der Waals surface area contributed by atoms with E-state index >= 15 is 0 Å². The van der Waals surface area contributed by atoms with Crippen LogP contribution in [0, 0.1) is 11.8 Å². The van der Waals surface area contributed by atoms with E-state index in [-0.39, 0.29) is 11.8 Å². The van der Waals surface area contributed by atoms with Crippen LogP contribution in [-0.4, -0.2) is 17.5 Å². The quantitative estimate of drug-likeness (QED) is 0.912. The molecule has 1 amide bonds. The molecular weight excluding hydrogens is 264 g/mol. The molecule has 21 heavy (non-hydrogen) atoms. The summed E-state index contributed by atoms with van der Waals surface area (Å²) in [4.78, 5) is 16.0. The number of benzene rings is 1. The number of fused-ring (bicyclic) bond motifs is 1. The van der Waals surface area contributed by atoms with E-state index in [1.165, 1.54) is 0 Å². The molecule has 3 rings (SSSR count). The SMILES string of the molecule is CC(C)COc1ccc2cc(NC(=O)C3CC3)ncc2c1. The summed E-state index contributed by atoms with van der Waals surface area (Å²) in [7, 11) is 0. The highest BCUT2D eigenvalue weighted by molar-refractivity contribution is 5.95. The van der Waals surface area contributed by atoms with Gasteiger partial charge in [-0.1, -0.05) is 19.9 Å². The van der Waals surface area contributed by atoms with E-state index in [1.54, 1.807) is 6.20 Å². The molecule has 2 aromatic rings. The smallest absolute Gasteiger partial charge is 0.228 e. The second kappa shape index (κ2) is 5.72. The topological polar surface area (TPSA) is 51.2 Å². The molecule has 110 valence electrons. The lowest BCUT2D eigenvalue weighted by Crippen LogP contribution is -2.14. The van der Waals surface area contributed by atoms with Crippen molar-refractivity contribution in [2.24, 2.45) is 11.8 Å². The number of pyridine rings is 1. The van der Waals surface area contributed by atoms with Crippen molar-refractivity contribution in [3.63, 3.8) is 0 Å². The van der Waals surface area contributed by atoms with Crippen LogP contribution in [0.15, 0.2) is 30.5 Å². The highest BCUT2D eigenvalue weighted by Gasteiger charge is 2.29. The zero-order valence-corrected chi connectivity index (χ0v) is 12.4. The van der Waals surface area contributed by atoms with E-state index in [1.807, 2.05) is 24.3 Å². The third-order valence-electron chi connectivity index (χ3n) is 3.48. The van der Waals surface area contributed by atoms with Gasteiger partial charge in [-0.2, -0.15) is 0 Å². The van der Waals surface area contributed by atoms with Crippen molar-refractivity contribution in [2.75, 3.05) is 11.9 Å². The molecule has 1 heterocycles. The largest absolute Gasteiger partial charge is 0.493 e. The molecule has 1 aromatic heterocycles. The fourth-order valence-corrected chi connectivity index (χ4v) is 2.11. The first-order valence-electron chi connectivity index (χ1n) is 7.45. The zero-order chi connectivity index (χ0) is 14.8. The average molecular weight is 284 g/mol. The maximum atomic E-state index is 11.7. The third-order valence-corrected chi connectivity index (χ3v) is 3.48. The lowest BCUT2D eigenvalue weighted by atomic mass is 10.1. The first-order valence-corrected chi connectivity index (χ1v) is 7.45. The summed E-state index contributed by atoms with van der Waals surface area (Å²) in [6.45, 7) is 4.95. The van der Waals surface area contributed by atoms with Gasteiger partial charge in [-0.15, -0.1) is 0 Å². The van der Waals surface area contributed by atoms with E-state index in [4.69, 9.17) is 4.74 Å². The fourth-order valence-electron chi connectivity index (χ4n) is 2.11. The number of hydrogen-bond donors (Lipinski definition) is 1. The maximum absolute atomic E-state index is 11.7. The molecule has 4 nitrogen and oxygen atoms in total. The molecule has 0 atom stereocenters. The number of hydrogen-bond acceptors (Lipinski definition) is 3. The Balaban J connectivity index is 1.75. The van der Waals surface area contributed by atoms with Gasteiger partial charge in [0.15, 0.2) is 0 Å². The molecule has 1 aliphatic rings. The molecule has 0 saturated heterocycles. The van der Waals surface area contributed by atoms with Gasteiger partial charge in [0.05, 0.1) is 6.61 Å². The maximum Gasteiger partial charge on any atom is 0.228 e. The van der Waals surface area contributed by atoms with Crippen LogP contribution >= 0.6 is 0 Å². The molecule has 1 N–H and O–H groups in total. The van der Waals surface area contributed by atoms with Crippen LogP contribution in [0.2, 0.25) is 0 Å². The zero-order valence-electron chi connectivity index (χ0n) is 12.4. The summed E-state index contributed by atoms with van der Waals surface area (Å²) < 4.78 is 5.71. The molecule has 0 bridgehead atoms. The molecule has 1 saturated carbocycles. The van der Waals surface area contributed by atoms with Crippen molar-refractivity contribution < 1.29 is 9.53 Å². The monoisotopic (exact) mass is 284 g/mol. The van der Waals surface area contributed by atoms with Crippen molar-refractivity contribution >= 4 is 22.5 Å². The summed E-state index contributed by atoms with van der Waals surface area (Å²) in [5.74, 6) is 2.25. The lowest BCUT2D eigenvalue weighted by molar-refractivity contribution is -0.117. The van der Waals surface area contributed by atoms with Gasteiger partial charge in [0.25, 0.3) is 0 Å². The minimum Gasteiger partial charge on any atom is -0.493 e. The molecule has 1 aliphatic carbocycles. The van der Waals surface area contributed by atoms with E-state index < -0.39 is 0 Å². The summed E-state index contributed by atoms with van der Waals surface area (Å²) in [5, 5.41) is 4.93. The van der Waals surface area contributed by atoms with Crippen LogP contribution in [0.5, 0.6) is 5.75 Å². The fraction of sp³-hybridized carbons (Fsp3) is 0.412. The number of carbonyl (C=O) groups excluding carboxylic acids is 1. The first kappa shape index (κ1) is 13.9. The Labute approximate surface area is 124 Å². The number of rotatable bonds is 5. The van der Waals surface area contributed by atoms with Crippen molar-refractivity contribution in [1.82, 2.24) is 4.98 Å². The van der Waals surface area contributed by atoms with E-state index in [0.29, 0.717) is 18.3 Å². The second-order valence-corrected chi connectivity index (χ2v) is 6.05. The highest BCUT2D eigenvalue weighted by atomic mass is 16.5. The summed E-state index contributed by atoms with van der Waals surface area (Å²) in [6.07, 6.45) is 3.77. The van der Waals surface area contributed by atoms with Crippen molar-refractivity contribution in [1.29, 1.82) is 0 Å². The van der Waals surface area contributed by atoms with Crippen molar-refractivity contribution in [3.8, 4) is 5.75 Å². The van der Waals surface area contributed by atoms with Gasteiger partial charge in [0.1, 0.15) is 11.6 Å². The summed E-state index contributed by atoms with van der Waals surface area (Å²) in [5.41, 5.74) is 0. The molecule has 1 aromatic carbocycles. The van der Waals surface area contributed by atoms with Crippen LogP contribution in [0.3, 0.4) is 0 Å². The van der Waals surface area contributed by atoms with Gasteiger partial charge in [-0.25, -0.2) is 4.98 Å². The first-order chi connectivity index (χ1) is 10.1. The minimum absolute atomic E-state index is 0.0822. The number of amides is 1. The Bertz CT molecular complexity index is 663. The Morgan fingerprint density at radius 1 is 1.33 bits per heavy atom. The van der Waals surface area contributed by atoms with Crippen LogP contribution in [0.1, 0.15) is 26.7 Å². The molecular formula is C17H20N2O2. The molecule has 0 spiro atoms. The van der Waals surface area contributed by atoms with Gasteiger partial charge in [0, 0.05) is 17.5 Å². The Kier molecular flexibility index (Phi) is 3.78. The number of anilines is 1. The van der Waals surface area contributed by atoms with E-state index in [2.05, 4.69) is 24.1 Å². The molecule has 1 fully saturated rings. The second-order valence-electron chi connectivity index (χ2n) is 6.05. The number of carbonyl (C=O) groups is 1. The van der Waals surface area contributed by atoms with Crippen LogP contribution in [-0.2, 0) is 4.79 Å². The van der Waals surface area contributed by atoms with Gasteiger partial charge < -0.3 is 10.1 Å². The molecule has 0 radical (unpaired) electrons. The van der Waals surface area contributed by atoms with Crippen molar-refractivity contribution in [2.45, 2.75) is 26.7 Å². The van der Waals surface area contributed by atoms with Gasteiger partial charge in [-0.05, 0) is 42.3 Å². The molecule has 0 aliphatic heterocycles. The summed E-state index contributed by atoms with van der Waals surface area (Å²) in [6, 6.07) is 7.84. The number of ether oxygens (including phenoxy) is 1. The van der Waals surface area contributed by atoms with E-state index in [9.17, 15) is 4.79 Å². The lowest BCUT2D eigenvalue weighted by Gasteiger charge is -2.10. The molecule has 4 heteroatoms. The Morgan fingerprint density at radius 2 is 2.14 bits per heavy atom. The Hall–Kier alpha value is -2.10. The predicted molar refractivity (Wildman–Crippen MR) is 83.4 cm³/mol. The van der Waals surface area contributed by atoms with Crippen LogP contribution in [0.4, 0.5) is 5.82 Å². The average Bonchev–Trinajstić information content (AvgIpc) is 3.29. The number of nitrogens with one attached hydrogen (secondary N) is 1. The van der Waals surface area contributed by atoms with Crippen LogP contribution in [0.25, 0.3) is 10.8 Å². The minimum atomic E-state index is 0.0822. The number of aromatic nitrogens is 1. The van der Waals surface area contributed by atoms with Crippen molar-refractivity contribution in [3.05, 3.63) is 30.5 Å². The standard InChI is InChI=1S/C17H20N2O2/c1-11(2)10-21-15-6-5-13-8-16(18-9-14(13)7-15)19-17(20)12-3-4-12/h5-9,11-12H,3-4,10H2,1-2H3,(H,18,19,20). The normalized spacial score (nSPS) is 14.4. The predicted octanol–water partition coefficient (Wildman–Crippen LogP) is 3.62. The number of nitrogens with zero attached hydrogens (tertiary/aromatic N) is 1. The van der Waals surface area contributed by atoms with Crippen LogP contribution < -0.4 is 10.1 Å². The molecule has 0 unspecified atom stereocenters. The summed E-state index contributed by atoms with van der Waals surface area (Å²) >= 11 is 0. The van der Waals surface area contributed by atoms with Gasteiger partial charge in [0.2, 0.25) is 5.91 Å². The van der Waals surface area contributed by atoms with Gasteiger partial charge in [-0.3, -0.25) is 4.79 Å². The van der Waals surface area contributed by atoms with Gasteiger partial charge >= 0.3 is 0 Å².